The van der Waals surface area contributed by atoms with E-state index in [1.54, 1.807) is 30.4 Å². The average Bonchev–Trinajstić information content (AvgIpc) is 3.41. The van der Waals surface area contributed by atoms with Crippen LogP contribution in [0.5, 0.6) is 11.5 Å². The smallest absolute Gasteiger partial charge is 0.266 e. The summed E-state index contributed by atoms with van der Waals surface area (Å²) >= 11 is 0. The number of benzene rings is 3. The minimum absolute atomic E-state index is 0.0761. The first kappa shape index (κ1) is 23.8. The standard InChI is InChI=1S/C28H27FN2O5/c1-3-4-16-35-22-15-14-18(17-23(22)34-2)25-24-26(36-31(25)19-10-6-5-7-11-19)28(33)30(27(24)32)21-13-9-8-12-20(21)29/h5-15,17,24-26H,3-4,16H2,1-2H3/t24-,25-,26-/m0/s1. The number of para-hydroxylation sites is 2. The molecule has 3 aromatic carbocycles. The van der Waals surface area contributed by atoms with Crippen LogP contribution in [-0.4, -0.2) is 31.6 Å². The van der Waals surface area contributed by atoms with Crippen molar-refractivity contribution in [2.24, 2.45) is 5.92 Å². The highest BCUT2D eigenvalue weighted by molar-refractivity contribution is 6.24. The van der Waals surface area contributed by atoms with E-state index in [9.17, 15) is 14.0 Å². The molecule has 186 valence electrons. The van der Waals surface area contributed by atoms with Gasteiger partial charge in [0, 0.05) is 0 Å². The number of hydroxylamine groups is 1. The molecule has 7 nitrogen and oxygen atoms in total. The van der Waals surface area contributed by atoms with Gasteiger partial charge in [0.05, 0.1) is 31.1 Å². The number of ether oxygens (including phenoxy) is 2. The van der Waals surface area contributed by atoms with Gasteiger partial charge in [0.25, 0.3) is 5.91 Å². The summed E-state index contributed by atoms with van der Waals surface area (Å²) in [6, 6.07) is 19.8. The van der Waals surface area contributed by atoms with Crippen LogP contribution in [0.25, 0.3) is 0 Å². The third-order valence-electron chi connectivity index (χ3n) is 6.50. The molecular weight excluding hydrogens is 463 g/mol. The zero-order valence-electron chi connectivity index (χ0n) is 20.1. The molecule has 0 bridgehead atoms. The van der Waals surface area contributed by atoms with Gasteiger partial charge >= 0.3 is 0 Å². The van der Waals surface area contributed by atoms with E-state index in [0.29, 0.717) is 29.4 Å². The molecule has 8 heteroatoms. The molecule has 0 aromatic heterocycles. The second-order valence-corrected chi connectivity index (χ2v) is 8.73. The molecule has 3 aromatic rings. The second-order valence-electron chi connectivity index (χ2n) is 8.73. The lowest BCUT2D eigenvalue weighted by molar-refractivity contribution is -0.126. The zero-order valence-corrected chi connectivity index (χ0v) is 20.1. The number of carbonyl (C=O) groups is 2. The summed E-state index contributed by atoms with van der Waals surface area (Å²) in [7, 11) is 1.55. The fourth-order valence-electron chi connectivity index (χ4n) is 4.74. The first-order valence-electron chi connectivity index (χ1n) is 12.0. The third-order valence-corrected chi connectivity index (χ3v) is 6.50. The number of carbonyl (C=O) groups excluding carboxylic acids is 2. The van der Waals surface area contributed by atoms with Gasteiger partial charge in [-0.1, -0.05) is 49.7 Å². The number of halogens is 1. The number of unbranched alkanes of at least 4 members (excludes halogenated alkanes) is 1. The fourth-order valence-corrected chi connectivity index (χ4v) is 4.74. The quantitative estimate of drug-likeness (QED) is 0.325. The lowest BCUT2D eigenvalue weighted by Crippen LogP contribution is -2.37. The van der Waals surface area contributed by atoms with Gasteiger partial charge in [-0.3, -0.25) is 14.4 Å². The summed E-state index contributed by atoms with van der Waals surface area (Å²) in [6.45, 7) is 2.65. The maximum Gasteiger partial charge on any atom is 0.266 e. The minimum atomic E-state index is -1.09. The average molecular weight is 491 g/mol. The molecule has 0 radical (unpaired) electrons. The van der Waals surface area contributed by atoms with Gasteiger partial charge in [0.1, 0.15) is 11.7 Å². The predicted molar refractivity (Wildman–Crippen MR) is 132 cm³/mol. The molecule has 0 spiro atoms. The van der Waals surface area contributed by atoms with Crippen molar-refractivity contribution in [3.63, 3.8) is 0 Å². The van der Waals surface area contributed by atoms with E-state index in [0.717, 1.165) is 17.7 Å². The molecule has 2 fully saturated rings. The van der Waals surface area contributed by atoms with Gasteiger partial charge in [0.15, 0.2) is 17.6 Å². The Hall–Kier alpha value is -3.91. The molecule has 0 N–H and O–H groups in total. The van der Waals surface area contributed by atoms with Crippen LogP contribution in [0.1, 0.15) is 31.4 Å². The highest BCUT2D eigenvalue weighted by Gasteiger charge is 2.60. The predicted octanol–water partition coefficient (Wildman–Crippen LogP) is 5.06. The minimum Gasteiger partial charge on any atom is -0.493 e. The largest absolute Gasteiger partial charge is 0.493 e. The number of amides is 2. The van der Waals surface area contributed by atoms with Gasteiger partial charge in [-0.05, 0) is 48.4 Å². The van der Waals surface area contributed by atoms with Crippen molar-refractivity contribution in [2.75, 3.05) is 23.7 Å². The summed E-state index contributed by atoms with van der Waals surface area (Å²) in [5, 5.41) is 1.59. The van der Waals surface area contributed by atoms with Crippen LogP contribution in [0.3, 0.4) is 0 Å². The van der Waals surface area contributed by atoms with Gasteiger partial charge in [-0.25, -0.2) is 14.4 Å². The third kappa shape index (κ3) is 4.07. The van der Waals surface area contributed by atoms with Crippen LogP contribution in [0.15, 0.2) is 72.8 Å². The highest BCUT2D eigenvalue weighted by Crippen LogP contribution is 2.48. The maximum atomic E-state index is 14.6. The molecule has 0 aliphatic carbocycles. The molecule has 2 saturated heterocycles. The van der Waals surface area contributed by atoms with E-state index in [-0.39, 0.29) is 5.69 Å². The van der Waals surface area contributed by atoms with Gasteiger partial charge in [-0.15, -0.1) is 0 Å². The Morgan fingerprint density at radius 3 is 2.42 bits per heavy atom. The Morgan fingerprint density at radius 2 is 1.69 bits per heavy atom. The van der Waals surface area contributed by atoms with Gasteiger partial charge in [-0.2, -0.15) is 0 Å². The molecule has 2 aliphatic rings. The molecule has 3 atom stereocenters. The number of anilines is 2. The Labute approximate surface area is 208 Å². The van der Waals surface area contributed by atoms with Crippen molar-refractivity contribution in [1.29, 1.82) is 0 Å². The number of rotatable bonds is 8. The van der Waals surface area contributed by atoms with E-state index in [1.807, 2.05) is 36.4 Å². The van der Waals surface area contributed by atoms with Crippen LogP contribution in [0, 0.1) is 11.7 Å². The first-order chi connectivity index (χ1) is 17.5. The summed E-state index contributed by atoms with van der Waals surface area (Å²) in [5.74, 6) is -1.52. The van der Waals surface area contributed by atoms with Crippen molar-refractivity contribution in [1.82, 2.24) is 0 Å². The van der Waals surface area contributed by atoms with E-state index >= 15 is 0 Å². The Balaban J connectivity index is 1.56. The Kier molecular flexibility index (Phi) is 6.61. The van der Waals surface area contributed by atoms with Gasteiger partial charge < -0.3 is 9.47 Å². The van der Waals surface area contributed by atoms with Crippen molar-refractivity contribution in [2.45, 2.75) is 31.9 Å². The number of imide groups is 1. The van der Waals surface area contributed by atoms with Crippen LogP contribution in [0.4, 0.5) is 15.8 Å². The Morgan fingerprint density at radius 1 is 0.944 bits per heavy atom. The van der Waals surface area contributed by atoms with Crippen molar-refractivity contribution >= 4 is 23.2 Å². The number of hydrogen-bond acceptors (Lipinski definition) is 6. The topological polar surface area (TPSA) is 68.3 Å². The van der Waals surface area contributed by atoms with Crippen molar-refractivity contribution in [3.05, 3.63) is 84.2 Å². The SMILES string of the molecule is CCCCOc1ccc([C@H]2[C@@H]3C(=O)N(c4ccccc4F)C(=O)[C@H]3ON2c2ccccc2)cc1OC. The molecule has 5 rings (SSSR count). The monoisotopic (exact) mass is 490 g/mol. The van der Waals surface area contributed by atoms with E-state index in [4.69, 9.17) is 14.3 Å². The number of fused-ring (bicyclic) bond motifs is 1. The molecule has 2 amide bonds. The lowest BCUT2D eigenvalue weighted by atomic mass is 9.90. The fraction of sp³-hybridized carbons (Fsp3) is 0.286. The summed E-state index contributed by atoms with van der Waals surface area (Å²) in [4.78, 5) is 34.1. The summed E-state index contributed by atoms with van der Waals surface area (Å²) < 4.78 is 26.0. The molecule has 0 unspecified atom stereocenters. The van der Waals surface area contributed by atoms with E-state index in [2.05, 4.69) is 6.92 Å². The van der Waals surface area contributed by atoms with Crippen LogP contribution in [0.2, 0.25) is 0 Å². The number of nitrogens with zero attached hydrogens (tertiary/aromatic N) is 2. The van der Waals surface area contributed by atoms with Crippen molar-refractivity contribution in [3.8, 4) is 11.5 Å². The molecule has 36 heavy (non-hydrogen) atoms. The lowest BCUT2D eigenvalue weighted by Gasteiger charge is -2.29. The summed E-state index contributed by atoms with van der Waals surface area (Å²) in [6.07, 6.45) is 0.827. The second kappa shape index (κ2) is 9.99. The molecular formula is C28H27FN2O5. The number of hydrogen-bond donors (Lipinski definition) is 0. The van der Waals surface area contributed by atoms with Gasteiger partial charge in [0.2, 0.25) is 5.91 Å². The maximum absolute atomic E-state index is 14.6. The van der Waals surface area contributed by atoms with Crippen molar-refractivity contribution < 1.29 is 28.3 Å². The Bertz CT molecular complexity index is 1270. The van der Waals surface area contributed by atoms with Crippen LogP contribution < -0.4 is 19.4 Å². The highest BCUT2D eigenvalue weighted by atomic mass is 19.1. The first-order valence-corrected chi connectivity index (χ1v) is 12.0. The molecule has 0 saturated carbocycles. The normalized spacial score (nSPS) is 21.1. The molecule has 2 aliphatic heterocycles. The molecule has 2 heterocycles. The van der Waals surface area contributed by atoms with E-state index in [1.165, 1.54) is 18.2 Å². The van der Waals surface area contributed by atoms with E-state index < -0.39 is 35.7 Å². The van der Waals surface area contributed by atoms with Crippen LogP contribution in [-0.2, 0) is 14.4 Å². The number of methoxy groups -OCH3 is 1. The zero-order chi connectivity index (χ0) is 25.2. The summed E-state index contributed by atoms with van der Waals surface area (Å²) in [5.41, 5.74) is 1.33. The van der Waals surface area contributed by atoms with Crippen LogP contribution >= 0.6 is 0 Å².